The zero-order valence-electron chi connectivity index (χ0n) is 6.93. The van der Waals surface area contributed by atoms with Crippen molar-refractivity contribution in [1.82, 2.24) is 14.5 Å². The van der Waals surface area contributed by atoms with Gasteiger partial charge in [-0.2, -0.15) is 0 Å². The summed E-state index contributed by atoms with van der Waals surface area (Å²) in [6.07, 6.45) is 4.17. The number of aryl methyl sites for hydroxylation is 1. The smallest absolute Gasteiger partial charge is 0.278 e. The molecule has 0 radical (unpaired) electrons. The molecule has 66 valence electrons. The van der Waals surface area contributed by atoms with Crippen molar-refractivity contribution in [1.29, 1.82) is 0 Å². The van der Waals surface area contributed by atoms with Gasteiger partial charge in [-0.15, -0.1) is 0 Å². The molecule has 0 fully saturated rings. The summed E-state index contributed by atoms with van der Waals surface area (Å²) in [5.41, 5.74) is 0.163. The monoisotopic (exact) mass is 177 g/mol. The van der Waals surface area contributed by atoms with E-state index in [1.165, 1.54) is 23.2 Å². The highest BCUT2D eigenvalue weighted by Crippen LogP contribution is 2.15. The molecule has 0 aliphatic carbocycles. The first-order valence-corrected chi connectivity index (χ1v) is 3.69. The van der Waals surface area contributed by atoms with Gasteiger partial charge < -0.3 is 9.67 Å². The Bertz CT molecular complexity index is 518. The SMILES string of the molecule is Cn1cc(O)c2nccnc2c1=O. The molecule has 0 saturated heterocycles. The van der Waals surface area contributed by atoms with E-state index < -0.39 is 0 Å². The first-order chi connectivity index (χ1) is 6.20. The molecule has 1 N–H and O–H groups in total. The van der Waals surface area contributed by atoms with Crippen LogP contribution in [0.4, 0.5) is 0 Å². The molecule has 0 unspecified atom stereocenters. The van der Waals surface area contributed by atoms with Crippen molar-refractivity contribution in [2.45, 2.75) is 0 Å². The molecule has 13 heavy (non-hydrogen) atoms. The predicted molar refractivity (Wildman–Crippen MR) is 46.4 cm³/mol. The number of pyridine rings is 1. The fourth-order valence-electron chi connectivity index (χ4n) is 1.15. The van der Waals surface area contributed by atoms with Gasteiger partial charge in [-0.3, -0.25) is 4.79 Å². The number of hydrogen-bond donors (Lipinski definition) is 1. The summed E-state index contributed by atoms with van der Waals surface area (Å²) in [4.78, 5) is 19.1. The van der Waals surface area contributed by atoms with E-state index >= 15 is 0 Å². The molecule has 2 aromatic heterocycles. The normalized spacial score (nSPS) is 10.5. The Kier molecular flexibility index (Phi) is 1.51. The second-order valence-electron chi connectivity index (χ2n) is 2.68. The number of nitrogens with zero attached hydrogens (tertiary/aromatic N) is 3. The van der Waals surface area contributed by atoms with Gasteiger partial charge in [-0.1, -0.05) is 0 Å². The maximum atomic E-state index is 11.4. The fraction of sp³-hybridized carbons (Fsp3) is 0.125. The molecular formula is C8H7N3O2. The summed E-state index contributed by atoms with van der Waals surface area (Å²) in [6.45, 7) is 0. The van der Waals surface area contributed by atoms with Crippen molar-refractivity contribution < 1.29 is 5.11 Å². The Morgan fingerprint density at radius 2 is 1.92 bits per heavy atom. The van der Waals surface area contributed by atoms with E-state index in [0.29, 0.717) is 0 Å². The van der Waals surface area contributed by atoms with E-state index in [1.54, 1.807) is 7.05 Å². The number of aromatic nitrogens is 3. The van der Waals surface area contributed by atoms with E-state index in [1.807, 2.05) is 0 Å². The lowest BCUT2D eigenvalue weighted by Gasteiger charge is -2.01. The summed E-state index contributed by atoms with van der Waals surface area (Å²) in [6, 6.07) is 0. The third-order valence-electron chi connectivity index (χ3n) is 1.78. The molecule has 2 heterocycles. The van der Waals surface area contributed by atoms with E-state index in [9.17, 15) is 9.90 Å². The summed E-state index contributed by atoms with van der Waals surface area (Å²) in [5.74, 6) is -0.0369. The predicted octanol–water partition coefficient (Wildman–Crippen LogP) is 0.0341. The van der Waals surface area contributed by atoms with Crippen LogP contribution in [0.3, 0.4) is 0 Å². The maximum Gasteiger partial charge on any atom is 0.278 e. The van der Waals surface area contributed by atoms with Crippen LogP contribution in [0.2, 0.25) is 0 Å². The van der Waals surface area contributed by atoms with Crippen LogP contribution in [0, 0.1) is 0 Å². The molecule has 2 aromatic rings. The van der Waals surface area contributed by atoms with Crippen molar-refractivity contribution in [3.63, 3.8) is 0 Å². The van der Waals surface area contributed by atoms with Crippen molar-refractivity contribution in [3.05, 3.63) is 28.9 Å². The highest BCUT2D eigenvalue weighted by molar-refractivity contribution is 5.78. The number of hydrogen-bond acceptors (Lipinski definition) is 4. The van der Waals surface area contributed by atoms with Crippen LogP contribution in [0.5, 0.6) is 5.75 Å². The average Bonchev–Trinajstić information content (AvgIpc) is 2.15. The summed E-state index contributed by atoms with van der Waals surface area (Å²) >= 11 is 0. The summed E-state index contributed by atoms with van der Waals surface area (Å²) in [5, 5.41) is 9.41. The Morgan fingerprint density at radius 3 is 2.62 bits per heavy atom. The molecule has 2 rings (SSSR count). The van der Waals surface area contributed by atoms with Gasteiger partial charge in [0.15, 0.2) is 11.3 Å². The lowest BCUT2D eigenvalue weighted by atomic mass is 10.3. The molecule has 5 nitrogen and oxygen atoms in total. The number of aromatic hydroxyl groups is 1. The van der Waals surface area contributed by atoms with E-state index in [0.717, 1.165) is 0 Å². The minimum atomic E-state index is -0.263. The highest BCUT2D eigenvalue weighted by Gasteiger charge is 2.06. The van der Waals surface area contributed by atoms with Crippen LogP contribution in [0.15, 0.2) is 23.4 Å². The molecule has 0 amide bonds. The third kappa shape index (κ3) is 1.05. The van der Waals surface area contributed by atoms with Crippen LogP contribution in [-0.2, 0) is 7.05 Å². The number of rotatable bonds is 0. The fourth-order valence-corrected chi connectivity index (χ4v) is 1.15. The van der Waals surface area contributed by atoms with Gasteiger partial charge in [-0.25, -0.2) is 9.97 Å². The van der Waals surface area contributed by atoms with E-state index in [4.69, 9.17) is 0 Å². The second kappa shape index (κ2) is 2.55. The Labute approximate surface area is 73.3 Å². The van der Waals surface area contributed by atoms with Gasteiger partial charge in [0.2, 0.25) is 0 Å². The van der Waals surface area contributed by atoms with Crippen LogP contribution in [0.25, 0.3) is 11.0 Å². The van der Waals surface area contributed by atoms with Crippen molar-refractivity contribution in [2.24, 2.45) is 7.05 Å². The number of fused-ring (bicyclic) bond motifs is 1. The average molecular weight is 177 g/mol. The minimum absolute atomic E-state index is 0.0369. The molecule has 0 spiro atoms. The second-order valence-corrected chi connectivity index (χ2v) is 2.68. The first kappa shape index (κ1) is 7.72. The molecule has 0 aromatic carbocycles. The van der Waals surface area contributed by atoms with E-state index in [-0.39, 0.29) is 22.3 Å². The summed E-state index contributed by atoms with van der Waals surface area (Å²) in [7, 11) is 1.55. The molecule has 0 saturated carbocycles. The van der Waals surface area contributed by atoms with Crippen molar-refractivity contribution in [3.8, 4) is 5.75 Å². The van der Waals surface area contributed by atoms with Gasteiger partial charge in [0, 0.05) is 19.4 Å². The Hall–Kier alpha value is -1.91. The topological polar surface area (TPSA) is 68.0 Å². The Balaban J connectivity index is 3.06. The molecule has 0 atom stereocenters. The van der Waals surface area contributed by atoms with Gasteiger partial charge in [-0.05, 0) is 0 Å². The van der Waals surface area contributed by atoms with Gasteiger partial charge in [0.1, 0.15) is 5.52 Å². The third-order valence-corrected chi connectivity index (χ3v) is 1.78. The first-order valence-electron chi connectivity index (χ1n) is 3.69. The summed E-state index contributed by atoms with van der Waals surface area (Å²) < 4.78 is 1.27. The zero-order valence-corrected chi connectivity index (χ0v) is 6.93. The van der Waals surface area contributed by atoms with Gasteiger partial charge in [0.05, 0.1) is 6.20 Å². The lowest BCUT2D eigenvalue weighted by molar-refractivity contribution is 0.473. The largest absolute Gasteiger partial charge is 0.504 e. The standard InChI is InChI=1S/C8H7N3O2/c1-11-4-5(12)6-7(8(11)13)10-3-2-9-6/h2-4,12H,1H3. The Morgan fingerprint density at radius 1 is 1.31 bits per heavy atom. The van der Waals surface area contributed by atoms with Gasteiger partial charge in [0.25, 0.3) is 5.56 Å². The quantitative estimate of drug-likeness (QED) is 0.616. The van der Waals surface area contributed by atoms with Crippen LogP contribution < -0.4 is 5.56 Å². The molecular weight excluding hydrogens is 170 g/mol. The van der Waals surface area contributed by atoms with Crippen LogP contribution in [-0.4, -0.2) is 19.6 Å². The van der Waals surface area contributed by atoms with E-state index in [2.05, 4.69) is 9.97 Å². The van der Waals surface area contributed by atoms with Crippen LogP contribution in [0.1, 0.15) is 0 Å². The molecule has 0 aliphatic rings. The highest BCUT2D eigenvalue weighted by atomic mass is 16.3. The van der Waals surface area contributed by atoms with Crippen molar-refractivity contribution >= 4 is 11.0 Å². The van der Waals surface area contributed by atoms with Crippen LogP contribution >= 0.6 is 0 Å². The molecule has 5 heteroatoms. The lowest BCUT2D eigenvalue weighted by Crippen LogP contribution is -2.17. The maximum absolute atomic E-state index is 11.4. The zero-order chi connectivity index (χ0) is 9.42. The minimum Gasteiger partial charge on any atom is -0.504 e. The van der Waals surface area contributed by atoms with Crippen molar-refractivity contribution in [2.75, 3.05) is 0 Å². The molecule has 0 aliphatic heterocycles. The van der Waals surface area contributed by atoms with Gasteiger partial charge >= 0.3 is 0 Å². The molecule has 0 bridgehead atoms.